The average molecular weight is 356 g/mol. The maximum absolute atomic E-state index is 12.6. The van der Waals surface area contributed by atoms with Crippen LogP contribution < -0.4 is 22.3 Å². The second kappa shape index (κ2) is 8.14. The van der Waals surface area contributed by atoms with Gasteiger partial charge in [-0.3, -0.25) is 18.7 Å². The average Bonchev–Trinajstić information content (AvgIpc) is 3.09. The zero-order chi connectivity index (χ0) is 18.5. The normalized spacial score (nSPS) is 19.4. The van der Waals surface area contributed by atoms with Crippen LogP contribution in [0, 0.1) is 5.92 Å². The van der Waals surface area contributed by atoms with Crippen LogP contribution in [0.3, 0.4) is 0 Å². The lowest BCUT2D eigenvalue weighted by Crippen LogP contribution is -2.46. The number of benzene rings is 1. The number of hydrogen-bond donors (Lipinski definition) is 2. The third kappa shape index (κ3) is 4.11. The molecule has 0 spiro atoms. The van der Waals surface area contributed by atoms with E-state index in [1.54, 1.807) is 0 Å². The molecular formula is C19H24N4O3. The van der Waals surface area contributed by atoms with Gasteiger partial charge in [-0.2, -0.15) is 0 Å². The predicted octanol–water partition coefficient (Wildman–Crippen LogP) is 0.302. The zero-order valence-corrected chi connectivity index (χ0v) is 14.6. The Morgan fingerprint density at radius 3 is 2.65 bits per heavy atom. The Bertz CT molecular complexity index is 872. The summed E-state index contributed by atoms with van der Waals surface area (Å²) in [6, 6.07) is 10.8. The molecule has 0 aliphatic heterocycles. The summed E-state index contributed by atoms with van der Waals surface area (Å²) in [5.74, 6) is -0.0619. The smallest absolute Gasteiger partial charge is 0.331 e. The second-order valence-corrected chi connectivity index (χ2v) is 6.74. The molecule has 7 heteroatoms. The second-order valence-electron chi connectivity index (χ2n) is 6.74. The molecule has 1 aromatic carbocycles. The van der Waals surface area contributed by atoms with Gasteiger partial charge < -0.3 is 11.1 Å². The van der Waals surface area contributed by atoms with E-state index in [0.717, 1.165) is 29.4 Å². The Hall–Kier alpha value is -2.67. The molecule has 2 unspecified atom stereocenters. The fourth-order valence-corrected chi connectivity index (χ4v) is 3.51. The molecule has 0 bridgehead atoms. The van der Waals surface area contributed by atoms with E-state index in [9.17, 15) is 14.4 Å². The summed E-state index contributed by atoms with van der Waals surface area (Å²) in [7, 11) is 0. The molecule has 0 saturated heterocycles. The van der Waals surface area contributed by atoms with Gasteiger partial charge in [0.25, 0.3) is 5.56 Å². The van der Waals surface area contributed by atoms with Crippen molar-refractivity contribution in [3.8, 4) is 0 Å². The number of rotatable bonds is 6. The van der Waals surface area contributed by atoms with E-state index in [4.69, 9.17) is 5.73 Å². The Kier molecular flexibility index (Phi) is 5.68. The largest absolute Gasteiger partial charge is 0.351 e. The highest BCUT2D eigenvalue weighted by molar-refractivity contribution is 5.76. The maximum Gasteiger partial charge on any atom is 0.331 e. The summed E-state index contributed by atoms with van der Waals surface area (Å²) >= 11 is 0. The van der Waals surface area contributed by atoms with Crippen LogP contribution in [0.1, 0.15) is 24.8 Å². The summed E-state index contributed by atoms with van der Waals surface area (Å²) in [6.45, 7) is 0.598. The van der Waals surface area contributed by atoms with Crippen LogP contribution in [-0.4, -0.2) is 27.6 Å². The van der Waals surface area contributed by atoms with Crippen molar-refractivity contribution in [2.45, 2.75) is 38.4 Å². The lowest BCUT2D eigenvalue weighted by molar-refractivity contribution is -0.122. The van der Waals surface area contributed by atoms with Crippen LogP contribution in [0.15, 0.2) is 52.2 Å². The molecule has 1 heterocycles. The number of nitrogens with zero attached hydrogens (tertiary/aromatic N) is 2. The fourth-order valence-electron chi connectivity index (χ4n) is 3.51. The van der Waals surface area contributed by atoms with Gasteiger partial charge in [-0.25, -0.2) is 4.79 Å². The first kappa shape index (κ1) is 18.1. The van der Waals surface area contributed by atoms with Gasteiger partial charge >= 0.3 is 5.69 Å². The van der Waals surface area contributed by atoms with Gasteiger partial charge in [-0.15, -0.1) is 0 Å². The molecule has 1 aliphatic carbocycles. The molecule has 138 valence electrons. The van der Waals surface area contributed by atoms with Gasteiger partial charge in [0.1, 0.15) is 6.54 Å². The minimum Gasteiger partial charge on any atom is -0.351 e. The van der Waals surface area contributed by atoms with Gasteiger partial charge in [0.05, 0.1) is 6.54 Å². The van der Waals surface area contributed by atoms with Crippen molar-refractivity contribution in [1.29, 1.82) is 0 Å². The summed E-state index contributed by atoms with van der Waals surface area (Å²) in [5, 5.41) is 2.93. The first-order valence-electron chi connectivity index (χ1n) is 8.92. The van der Waals surface area contributed by atoms with Gasteiger partial charge in [0, 0.05) is 18.3 Å². The monoisotopic (exact) mass is 356 g/mol. The predicted molar refractivity (Wildman–Crippen MR) is 98.8 cm³/mol. The highest BCUT2D eigenvalue weighted by Crippen LogP contribution is 2.24. The van der Waals surface area contributed by atoms with E-state index in [0.29, 0.717) is 13.1 Å². The van der Waals surface area contributed by atoms with Crippen LogP contribution in [0.5, 0.6) is 0 Å². The molecule has 1 aromatic heterocycles. The molecular weight excluding hydrogens is 332 g/mol. The van der Waals surface area contributed by atoms with Crippen LogP contribution in [-0.2, 0) is 17.9 Å². The molecule has 1 saturated carbocycles. The van der Waals surface area contributed by atoms with Crippen molar-refractivity contribution in [2.75, 3.05) is 6.54 Å². The summed E-state index contributed by atoms with van der Waals surface area (Å²) < 4.78 is 2.41. The van der Waals surface area contributed by atoms with Crippen molar-refractivity contribution in [2.24, 2.45) is 11.7 Å². The topological polar surface area (TPSA) is 99.1 Å². The Labute approximate surface area is 151 Å². The maximum atomic E-state index is 12.6. The van der Waals surface area contributed by atoms with Crippen LogP contribution in [0.2, 0.25) is 0 Å². The summed E-state index contributed by atoms with van der Waals surface area (Å²) in [4.78, 5) is 37.0. The first-order chi connectivity index (χ1) is 12.6. The molecule has 1 amide bonds. The summed E-state index contributed by atoms with van der Waals surface area (Å²) in [6.07, 6.45) is 4.38. The van der Waals surface area contributed by atoms with Crippen molar-refractivity contribution in [3.05, 3.63) is 69.0 Å². The number of nitrogens with two attached hydrogens (primary N) is 1. The highest BCUT2D eigenvalue weighted by Gasteiger charge is 2.27. The number of aromatic nitrogens is 2. The van der Waals surface area contributed by atoms with E-state index < -0.39 is 11.2 Å². The lowest BCUT2D eigenvalue weighted by Gasteiger charge is -2.19. The Morgan fingerprint density at radius 1 is 1.15 bits per heavy atom. The molecule has 0 radical (unpaired) electrons. The molecule has 3 rings (SSSR count). The van der Waals surface area contributed by atoms with Crippen LogP contribution in [0.4, 0.5) is 0 Å². The SMILES string of the molecule is NCC1CCCC1NC(=O)Cn1c(=O)ccn(Cc2ccccc2)c1=O. The molecule has 2 aromatic rings. The number of carbonyl (C=O) groups excluding carboxylic acids is 1. The third-order valence-electron chi connectivity index (χ3n) is 4.95. The van der Waals surface area contributed by atoms with Crippen molar-refractivity contribution >= 4 is 5.91 Å². The van der Waals surface area contributed by atoms with Crippen LogP contribution in [0.25, 0.3) is 0 Å². The fraction of sp³-hybridized carbons (Fsp3) is 0.421. The van der Waals surface area contributed by atoms with Crippen molar-refractivity contribution in [3.63, 3.8) is 0 Å². The van der Waals surface area contributed by atoms with E-state index in [1.165, 1.54) is 16.8 Å². The van der Waals surface area contributed by atoms with Crippen molar-refractivity contribution < 1.29 is 4.79 Å². The molecule has 3 N–H and O–H groups in total. The van der Waals surface area contributed by atoms with E-state index in [1.807, 2.05) is 30.3 Å². The van der Waals surface area contributed by atoms with E-state index >= 15 is 0 Å². The number of amides is 1. The minimum atomic E-state index is -0.488. The van der Waals surface area contributed by atoms with E-state index in [-0.39, 0.29) is 24.4 Å². The van der Waals surface area contributed by atoms with Gasteiger partial charge in [0.15, 0.2) is 0 Å². The highest BCUT2D eigenvalue weighted by atomic mass is 16.2. The lowest BCUT2D eigenvalue weighted by atomic mass is 10.0. The number of carbonyl (C=O) groups is 1. The van der Waals surface area contributed by atoms with Crippen LogP contribution >= 0.6 is 0 Å². The number of nitrogens with one attached hydrogen (secondary N) is 1. The molecule has 1 aliphatic rings. The number of hydrogen-bond acceptors (Lipinski definition) is 4. The van der Waals surface area contributed by atoms with Gasteiger partial charge in [-0.1, -0.05) is 36.8 Å². The quantitative estimate of drug-likeness (QED) is 0.778. The van der Waals surface area contributed by atoms with Gasteiger partial charge in [0.2, 0.25) is 5.91 Å². The minimum absolute atomic E-state index is 0.0264. The zero-order valence-electron chi connectivity index (χ0n) is 14.6. The summed E-state index contributed by atoms with van der Waals surface area (Å²) in [5.41, 5.74) is 5.72. The first-order valence-corrected chi connectivity index (χ1v) is 8.92. The van der Waals surface area contributed by atoms with Crippen molar-refractivity contribution in [1.82, 2.24) is 14.5 Å². The molecule has 26 heavy (non-hydrogen) atoms. The molecule has 2 atom stereocenters. The Balaban J connectivity index is 1.75. The van der Waals surface area contributed by atoms with Gasteiger partial charge in [-0.05, 0) is 30.9 Å². The molecule has 1 fully saturated rings. The van der Waals surface area contributed by atoms with E-state index in [2.05, 4.69) is 5.32 Å². The third-order valence-corrected chi connectivity index (χ3v) is 4.95. The Morgan fingerprint density at radius 2 is 1.92 bits per heavy atom. The standard InChI is InChI=1S/C19H24N4O3/c20-11-15-7-4-8-16(15)21-17(24)13-23-18(25)9-10-22(19(23)26)12-14-5-2-1-3-6-14/h1-3,5-6,9-10,15-16H,4,7-8,11-13,20H2,(H,21,24). The molecule has 7 nitrogen and oxygen atoms in total.